The summed E-state index contributed by atoms with van der Waals surface area (Å²) >= 11 is 1.60. The molecule has 29 heavy (non-hydrogen) atoms. The zero-order valence-electron chi connectivity index (χ0n) is 15.9. The first-order valence-corrected chi connectivity index (χ1v) is 9.96. The summed E-state index contributed by atoms with van der Waals surface area (Å²) in [5.41, 5.74) is 4.41. The van der Waals surface area contributed by atoms with Crippen LogP contribution in [0.15, 0.2) is 78.8 Å². The second-order valence-electron chi connectivity index (χ2n) is 6.40. The zero-order chi connectivity index (χ0) is 20.1. The first kappa shape index (κ1) is 18.8. The molecule has 0 spiro atoms. The fraction of sp³-hybridized carbons (Fsp3) is 0.0870. The second-order valence-corrected chi connectivity index (χ2v) is 7.30. The van der Waals surface area contributed by atoms with Gasteiger partial charge in [-0.25, -0.2) is 14.8 Å². The van der Waals surface area contributed by atoms with Crippen LogP contribution in [0.3, 0.4) is 0 Å². The lowest BCUT2D eigenvalue weighted by atomic mass is 9.96. The molecule has 2 aromatic heterocycles. The molecule has 0 aliphatic rings. The van der Waals surface area contributed by atoms with Crippen molar-refractivity contribution in [1.29, 1.82) is 0 Å². The van der Waals surface area contributed by atoms with Gasteiger partial charge in [0.15, 0.2) is 0 Å². The van der Waals surface area contributed by atoms with E-state index in [0.717, 1.165) is 27.3 Å². The van der Waals surface area contributed by atoms with E-state index in [9.17, 15) is 4.79 Å². The third-order valence-electron chi connectivity index (χ3n) is 4.49. The van der Waals surface area contributed by atoms with Crippen molar-refractivity contribution in [3.63, 3.8) is 0 Å². The van der Waals surface area contributed by atoms with Gasteiger partial charge in [0, 0.05) is 29.5 Å². The summed E-state index contributed by atoms with van der Waals surface area (Å²) in [5, 5.41) is 2.92. The Bertz CT molecular complexity index is 1120. The summed E-state index contributed by atoms with van der Waals surface area (Å²) in [4.78, 5) is 20.9. The molecule has 4 rings (SSSR count). The van der Waals surface area contributed by atoms with E-state index in [0.29, 0.717) is 12.1 Å². The van der Waals surface area contributed by atoms with Crippen molar-refractivity contribution >= 4 is 29.0 Å². The maximum Gasteiger partial charge on any atom is 0.338 e. The lowest BCUT2D eigenvalue weighted by Gasteiger charge is -2.11. The fourth-order valence-corrected chi connectivity index (χ4v) is 3.78. The van der Waals surface area contributed by atoms with Gasteiger partial charge in [0.25, 0.3) is 0 Å². The van der Waals surface area contributed by atoms with E-state index in [1.54, 1.807) is 30.1 Å². The zero-order valence-corrected chi connectivity index (χ0v) is 16.7. The quantitative estimate of drug-likeness (QED) is 0.425. The average Bonchev–Trinajstić information content (AvgIpc) is 3.47. The molecule has 4 aromatic rings. The molecular weight excluding hydrogens is 382 g/mol. The first-order chi connectivity index (χ1) is 14.2. The molecule has 5 nitrogen and oxygen atoms in total. The lowest BCUT2D eigenvalue weighted by molar-refractivity contribution is 0.0601. The summed E-state index contributed by atoms with van der Waals surface area (Å²) in [6, 6.07) is 15.6. The number of imidazole rings is 1. The Morgan fingerprint density at radius 2 is 2.03 bits per heavy atom. The topological polar surface area (TPSA) is 57.0 Å². The van der Waals surface area contributed by atoms with Gasteiger partial charge < -0.3 is 9.30 Å². The maximum absolute atomic E-state index is 12.3. The highest BCUT2D eigenvalue weighted by Crippen LogP contribution is 2.28. The molecule has 6 heteroatoms. The van der Waals surface area contributed by atoms with Crippen LogP contribution in [-0.2, 0) is 11.3 Å². The number of allylic oxidation sites excluding steroid dienone is 1. The van der Waals surface area contributed by atoms with Gasteiger partial charge in [-0.05, 0) is 34.9 Å². The van der Waals surface area contributed by atoms with Crippen molar-refractivity contribution < 1.29 is 9.53 Å². The first-order valence-electron chi connectivity index (χ1n) is 9.08. The van der Waals surface area contributed by atoms with Crippen LogP contribution >= 0.6 is 11.3 Å². The minimum absolute atomic E-state index is 0.349. The Hall–Kier alpha value is -3.51. The monoisotopic (exact) mass is 401 g/mol. The molecule has 0 fully saturated rings. The second kappa shape index (κ2) is 8.67. The Balaban J connectivity index is 1.79. The summed E-state index contributed by atoms with van der Waals surface area (Å²) in [7, 11) is 1.40. The molecule has 0 amide bonds. The number of hydrogen-bond donors (Lipinski definition) is 0. The van der Waals surface area contributed by atoms with E-state index in [4.69, 9.17) is 4.74 Å². The Labute approximate surface area is 173 Å². The van der Waals surface area contributed by atoms with Crippen LogP contribution in [0.2, 0.25) is 0 Å². The van der Waals surface area contributed by atoms with Gasteiger partial charge in [-0.15, -0.1) is 11.3 Å². The minimum atomic E-state index is -0.349. The van der Waals surface area contributed by atoms with E-state index in [1.807, 2.05) is 64.7 Å². The SMILES string of the molecule is COC(=O)c1ccc(C=C(Cn2ccnc2)c2nccs2)cc1-c1ccccc1. The maximum atomic E-state index is 12.3. The largest absolute Gasteiger partial charge is 0.465 e. The van der Waals surface area contributed by atoms with E-state index in [-0.39, 0.29) is 5.97 Å². The third-order valence-corrected chi connectivity index (χ3v) is 5.34. The van der Waals surface area contributed by atoms with E-state index >= 15 is 0 Å². The van der Waals surface area contributed by atoms with Gasteiger partial charge in [-0.2, -0.15) is 0 Å². The molecule has 0 atom stereocenters. The molecule has 0 radical (unpaired) electrons. The average molecular weight is 401 g/mol. The van der Waals surface area contributed by atoms with Gasteiger partial charge in [-0.3, -0.25) is 0 Å². The van der Waals surface area contributed by atoms with Crippen molar-refractivity contribution in [3.8, 4) is 11.1 Å². The number of esters is 1. The van der Waals surface area contributed by atoms with Crippen molar-refractivity contribution in [2.24, 2.45) is 0 Å². The minimum Gasteiger partial charge on any atom is -0.465 e. The summed E-state index contributed by atoms with van der Waals surface area (Å²) in [6.07, 6.45) is 9.39. The predicted octanol–water partition coefficient (Wildman–Crippen LogP) is 5.03. The molecular formula is C23H19N3O2S. The van der Waals surface area contributed by atoms with E-state index < -0.39 is 0 Å². The van der Waals surface area contributed by atoms with Crippen molar-refractivity contribution in [3.05, 3.63) is 95.0 Å². The van der Waals surface area contributed by atoms with Crippen LogP contribution in [0.5, 0.6) is 0 Å². The van der Waals surface area contributed by atoms with Gasteiger partial charge >= 0.3 is 5.97 Å². The van der Waals surface area contributed by atoms with Crippen LogP contribution in [0.1, 0.15) is 20.9 Å². The van der Waals surface area contributed by atoms with Crippen LogP contribution in [-0.4, -0.2) is 27.6 Å². The lowest BCUT2D eigenvalue weighted by Crippen LogP contribution is -2.04. The van der Waals surface area contributed by atoms with E-state index in [2.05, 4.69) is 16.0 Å². The Morgan fingerprint density at radius 3 is 2.72 bits per heavy atom. The molecule has 0 N–H and O–H groups in total. The number of carbonyl (C=O) groups excluding carboxylic acids is 1. The highest BCUT2D eigenvalue weighted by molar-refractivity contribution is 7.10. The number of methoxy groups -OCH3 is 1. The van der Waals surface area contributed by atoms with Gasteiger partial charge in [0.05, 0.1) is 25.5 Å². The molecule has 0 saturated carbocycles. The molecule has 0 aliphatic carbocycles. The van der Waals surface area contributed by atoms with Crippen LogP contribution in [0.4, 0.5) is 0 Å². The third kappa shape index (κ3) is 4.33. The Kier molecular flexibility index (Phi) is 5.63. The number of hydrogen-bond acceptors (Lipinski definition) is 5. The van der Waals surface area contributed by atoms with Crippen LogP contribution in [0.25, 0.3) is 22.8 Å². The number of aromatic nitrogens is 3. The molecule has 2 heterocycles. The van der Waals surface area contributed by atoms with Gasteiger partial charge in [0.1, 0.15) is 5.01 Å². The molecule has 0 bridgehead atoms. The number of carbonyl (C=O) groups is 1. The normalized spacial score (nSPS) is 11.4. The molecule has 0 aliphatic heterocycles. The van der Waals surface area contributed by atoms with Gasteiger partial charge in [0.2, 0.25) is 0 Å². The van der Waals surface area contributed by atoms with E-state index in [1.165, 1.54) is 7.11 Å². The van der Waals surface area contributed by atoms with Crippen molar-refractivity contribution in [1.82, 2.24) is 14.5 Å². The van der Waals surface area contributed by atoms with Gasteiger partial charge in [-0.1, -0.05) is 36.4 Å². The molecule has 2 aromatic carbocycles. The van der Waals surface area contributed by atoms with Crippen LogP contribution < -0.4 is 0 Å². The van der Waals surface area contributed by atoms with Crippen LogP contribution in [0, 0.1) is 0 Å². The predicted molar refractivity (Wildman–Crippen MR) is 115 cm³/mol. The molecule has 144 valence electrons. The highest BCUT2D eigenvalue weighted by atomic mass is 32.1. The van der Waals surface area contributed by atoms with Crippen molar-refractivity contribution in [2.45, 2.75) is 6.54 Å². The smallest absolute Gasteiger partial charge is 0.338 e. The van der Waals surface area contributed by atoms with Crippen molar-refractivity contribution in [2.75, 3.05) is 7.11 Å². The molecule has 0 unspecified atom stereocenters. The number of rotatable bonds is 6. The highest BCUT2D eigenvalue weighted by Gasteiger charge is 2.14. The number of thiazole rings is 1. The standard InChI is InChI=1S/C23H19N3O2S/c1-28-23(27)20-8-7-17(14-21(20)18-5-3-2-4-6-18)13-19(22-25-10-12-29-22)15-26-11-9-24-16-26/h2-14,16H,15H2,1H3. The Morgan fingerprint density at radius 1 is 1.17 bits per heavy atom. The fourth-order valence-electron chi connectivity index (χ4n) is 3.13. The molecule has 0 saturated heterocycles. The number of nitrogens with zero attached hydrogens (tertiary/aromatic N) is 3. The summed E-state index contributed by atoms with van der Waals surface area (Å²) in [6.45, 7) is 0.660. The number of benzene rings is 2. The summed E-state index contributed by atoms with van der Waals surface area (Å²) < 4.78 is 6.98. The number of ether oxygens (including phenoxy) is 1. The summed E-state index contributed by atoms with van der Waals surface area (Å²) in [5.74, 6) is -0.349.